The van der Waals surface area contributed by atoms with Crippen LogP contribution in [0.3, 0.4) is 0 Å². The van der Waals surface area contributed by atoms with Gasteiger partial charge < -0.3 is 44.4 Å². The summed E-state index contributed by atoms with van der Waals surface area (Å²) < 4.78 is 31.6. The van der Waals surface area contributed by atoms with E-state index in [1.807, 2.05) is 22.9 Å². The number of rotatable bonds is 22. The van der Waals surface area contributed by atoms with Crippen LogP contribution in [0.1, 0.15) is 53.4 Å². The molecule has 0 saturated heterocycles. The van der Waals surface area contributed by atoms with Gasteiger partial charge in [0.2, 0.25) is 0 Å². The Hall–Kier alpha value is -3.90. The molecule has 0 aliphatic carbocycles. The van der Waals surface area contributed by atoms with E-state index in [4.69, 9.17) is 14.2 Å². The SMILES string of the molecule is CCOC(=O)NC(=O)NCCCOCC(CC)(COCCCNC(=O)NC(=O)OCC)COCCCNC(=O)NC(=O)OCC. The Labute approximate surface area is 263 Å². The average Bonchev–Trinajstić information content (AvgIpc) is 2.98. The van der Waals surface area contributed by atoms with Crippen LogP contribution in [0.15, 0.2) is 0 Å². The first kappa shape index (κ1) is 41.1. The smallest absolute Gasteiger partial charge is 0.415 e. The van der Waals surface area contributed by atoms with E-state index in [1.165, 1.54) is 0 Å². The van der Waals surface area contributed by atoms with E-state index < -0.39 is 41.8 Å². The zero-order valence-electron chi connectivity index (χ0n) is 26.7. The van der Waals surface area contributed by atoms with Gasteiger partial charge in [-0.25, -0.2) is 44.7 Å². The molecule has 18 nitrogen and oxygen atoms in total. The van der Waals surface area contributed by atoms with Crippen molar-refractivity contribution in [3.63, 3.8) is 0 Å². The van der Waals surface area contributed by atoms with Gasteiger partial charge in [-0.3, -0.25) is 0 Å². The summed E-state index contributed by atoms with van der Waals surface area (Å²) in [6.07, 6.45) is -0.390. The van der Waals surface area contributed by atoms with Crippen molar-refractivity contribution in [2.24, 2.45) is 5.41 Å². The van der Waals surface area contributed by atoms with Crippen LogP contribution in [-0.2, 0) is 28.4 Å². The monoisotopic (exact) mass is 650 g/mol. The Morgan fingerprint density at radius 2 is 0.778 bits per heavy atom. The van der Waals surface area contributed by atoms with E-state index in [1.54, 1.807) is 20.8 Å². The third-order valence-corrected chi connectivity index (χ3v) is 5.70. The standard InChI is InChI=1S/C27H50N6O12/c1-5-27(18-40-15-9-12-28-21(34)31-24(37)43-6-2,19-41-16-10-13-29-22(35)32-25(38)44-7-3)20-42-17-11-14-30-23(36)33-26(39)45-8-4/h5-20H2,1-4H3,(H2,28,31,34,37)(H2,29,32,35,38)(H2,30,33,36,39). The highest BCUT2D eigenvalue weighted by atomic mass is 16.6. The fourth-order valence-corrected chi connectivity index (χ4v) is 3.34. The van der Waals surface area contributed by atoms with Gasteiger partial charge in [0.25, 0.3) is 0 Å². The van der Waals surface area contributed by atoms with Gasteiger partial charge in [0.05, 0.1) is 39.6 Å². The van der Waals surface area contributed by atoms with Crippen LogP contribution < -0.4 is 31.9 Å². The van der Waals surface area contributed by atoms with Gasteiger partial charge in [-0.05, 0) is 46.5 Å². The molecule has 0 aliphatic rings. The molecule has 0 rings (SSSR count). The molecule has 0 aliphatic heterocycles. The molecule has 9 amide bonds. The second-order valence-electron chi connectivity index (χ2n) is 9.38. The van der Waals surface area contributed by atoms with Crippen molar-refractivity contribution in [1.29, 1.82) is 0 Å². The van der Waals surface area contributed by atoms with Gasteiger partial charge >= 0.3 is 36.4 Å². The summed E-state index contributed by atoms with van der Waals surface area (Å²) in [6.45, 7) is 9.94. The molecule has 0 aromatic heterocycles. The first-order chi connectivity index (χ1) is 21.6. The molecule has 0 atom stereocenters. The lowest BCUT2D eigenvalue weighted by Gasteiger charge is -2.32. The molecule has 6 N–H and O–H groups in total. The molecule has 45 heavy (non-hydrogen) atoms. The van der Waals surface area contributed by atoms with Crippen LogP contribution in [0.4, 0.5) is 28.8 Å². The van der Waals surface area contributed by atoms with Gasteiger partial charge in [0, 0.05) is 44.9 Å². The lowest BCUT2D eigenvalue weighted by atomic mass is 9.88. The fourth-order valence-electron chi connectivity index (χ4n) is 3.34. The van der Waals surface area contributed by atoms with Gasteiger partial charge in [-0.1, -0.05) is 6.92 Å². The lowest BCUT2D eigenvalue weighted by molar-refractivity contribution is -0.0719. The molecule has 0 heterocycles. The summed E-state index contributed by atoms with van der Waals surface area (Å²) in [4.78, 5) is 68.9. The molecule has 0 spiro atoms. The Kier molecular flexibility index (Phi) is 24.2. The molecule has 0 aromatic carbocycles. The average molecular weight is 651 g/mol. The minimum atomic E-state index is -0.828. The van der Waals surface area contributed by atoms with Crippen LogP contribution in [0.5, 0.6) is 0 Å². The first-order valence-corrected chi connectivity index (χ1v) is 15.0. The van der Waals surface area contributed by atoms with Crippen molar-refractivity contribution in [3.8, 4) is 0 Å². The van der Waals surface area contributed by atoms with E-state index in [0.717, 1.165) is 0 Å². The quantitative estimate of drug-likeness (QED) is 0.0730. The summed E-state index contributed by atoms with van der Waals surface area (Å²) in [5.74, 6) is 0. The summed E-state index contributed by atoms with van der Waals surface area (Å²) in [7, 11) is 0. The first-order valence-electron chi connectivity index (χ1n) is 15.0. The maximum absolute atomic E-state index is 11.7. The second kappa shape index (κ2) is 26.5. The predicted octanol–water partition coefficient (Wildman–Crippen LogP) is 1.97. The van der Waals surface area contributed by atoms with Crippen LogP contribution >= 0.6 is 0 Å². The predicted molar refractivity (Wildman–Crippen MR) is 160 cm³/mol. The number of carbonyl (C=O) groups excluding carboxylic acids is 6. The number of urea groups is 3. The van der Waals surface area contributed by atoms with Crippen molar-refractivity contribution in [2.45, 2.75) is 53.4 Å². The number of hydrogen-bond donors (Lipinski definition) is 6. The van der Waals surface area contributed by atoms with Crippen molar-refractivity contribution in [1.82, 2.24) is 31.9 Å². The Morgan fingerprint density at radius 3 is 1.02 bits per heavy atom. The maximum Gasteiger partial charge on any atom is 0.415 e. The number of alkyl carbamates (subject to hydrolysis) is 3. The zero-order valence-corrected chi connectivity index (χ0v) is 26.7. The van der Waals surface area contributed by atoms with E-state index in [0.29, 0.717) is 65.3 Å². The summed E-state index contributed by atoms with van der Waals surface area (Å²) in [5, 5.41) is 13.7. The minimum absolute atomic E-state index is 0.149. The second-order valence-corrected chi connectivity index (χ2v) is 9.38. The highest BCUT2D eigenvalue weighted by Gasteiger charge is 2.30. The number of nitrogens with one attached hydrogen (secondary N) is 6. The Bertz CT molecular complexity index is 785. The summed E-state index contributed by atoms with van der Waals surface area (Å²) in [5.41, 5.74) is -0.516. The molecular weight excluding hydrogens is 600 g/mol. The highest BCUT2D eigenvalue weighted by molar-refractivity contribution is 5.91. The van der Waals surface area contributed by atoms with Gasteiger partial charge in [-0.2, -0.15) is 0 Å². The molecule has 260 valence electrons. The molecule has 18 heteroatoms. The van der Waals surface area contributed by atoms with Crippen LogP contribution in [0.2, 0.25) is 0 Å². The summed E-state index contributed by atoms with van der Waals surface area (Å²) in [6, 6.07) is -2.00. The third kappa shape index (κ3) is 23.2. The van der Waals surface area contributed by atoms with Crippen molar-refractivity contribution in [2.75, 3.05) is 79.1 Å². The highest BCUT2D eigenvalue weighted by Crippen LogP contribution is 2.24. The van der Waals surface area contributed by atoms with Gasteiger partial charge in [0.15, 0.2) is 0 Å². The van der Waals surface area contributed by atoms with Crippen LogP contribution in [0, 0.1) is 5.41 Å². The number of amides is 9. The largest absolute Gasteiger partial charge is 0.450 e. The number of carbonyl (C=O) groups is 6. The molecule has 0 radical (unpaired) electrons. The molecule has 0 bridgehead atoms. The molecule has 0 unspecified atom stereocenters. The van der Waals surface area contributed by atoms with Gasteiger partial charge in [0.1, 0.15) is 0 Å². The van der Waals surface area contributed by atoms with Crippen LogP contribution in [-0.4, -0.2) is 115 Å². The molecule has 0 aromatic rings. The van der Waals surface area contributed by atoms with E-state index >= 15 is 0 Å². The van der Waals surface area contributed by atoms with E-state index in [2.05, 4.69) is 30.2 Å². The van der Waals surface area contributed by atoms with Gasteiger partial charge in [-0.15, -0.1) is 0 Å². The third-order valence-electron chi connectivity index (χ3n) is 5.70. The lowest BCUT2D eigenvalue weighted by Crippen LogP contribution is -2.41. The van der Waals surface area contributed by atoms with Crippen molar-refractivity contribution >= 4 is 36.4 Å². The Morgan fingerprint density at radius 1 is 0.489 bits per heavy atom. The number of hydrogen-bond acceptors (Lipinski definition) is 12. The maximum atomic E-state index is 11.7. The molecule has 0 fully saturated rings. The summed E-state index contributed by atoms with van der Waals surface area (Å²) >= 11 is 0. The topological polar surface area (TPSA) is 230 Å². The minimum Gasteiger partial charge on any atom is -0.450 e. The normalized spacial score (nSPS) is 10.7. The Balaban J connectivity index is 4.65. The number of imide groups is 3. The molecular formula is C27H50N6O12. The van der Waals surface area contributed by atoms with E-state index in [9.17, 15) is 28.8 Å². The van der Waals surface area contributed by atoms with Crippen LogP contribution in [0.25, 0.3) is 0 Å². The fraction of sp³-hybridized carbons (Fsp3) is 0.778. The van der Waals surface area contributed by atoms with Crippen molar-refractivity contribution < 1.29 is 57.2 Å². The zero-order chi connectivity index (χ0) is 33.8. The van der Waals surface area contributed by atoms with Crippen molar-refractivity contribution in [3.05, 3.63) is 0 Å². The number of ether oxygens (including phenoxy) is 6. The van der Waals surface area contributed by atoms with E-state index in [-0.39, 0.29) is 39.5 Å². The molecule has 0 saturated carbocycles.